The number of fused-ring (bicyclic) bond motifs is 1. The SMILES string of the molecule is CC#Cc1ccc2nc(NC(C)c3ccc(S(=O)O)cc3)nc(OC3CC3)c2n1. The van der Waals surface area contributed by atoms with Crippen LogP contribution in [-0.4, -0.2) is 29.8 Å². The van der Waals surface area contributed by atoms with Gasteiger partial charge < -0.3 is 14.6 Å². The number of nitrogens with zero attached hydrogens (tertiary/aromatic N) is 3. The second-order valence-electron chi connectivity index (χ2n) is 6.79. The molecule has 1 fully saturated rings. The van der Waals surface area contributed by atoms with Crippen LogP contribution in [-0.2, 0) is 11.1 Å². The van der Waals surface area contributed by atoms with E-state index in [1.54, 1.807) is 31.2 Å². The second-order valence-corrected chi connectivity index (χ2v) is 7.76. The van der Waals surface area contributed by atoms with Crippen molar-refractivity contribution in [3.63, 3.8) is 0 Å². The largest absolute Gasteiger partial charge is 0.473 e. The molecule has 0 spiro atoms. The van der Waals surface area contributed by atoms with Crippen molar-refractivity contribution < 1.29 is 13.5 Å². The van der Waals surface area contributed by atoms with Gasteiger partial charge in [-0.3, -0.25) is 0 Å². The fourth-order valence-electron chi connectivity index (χ4n) is 2.83. The molecule has 0 saturated heterocycles. The number of anilines is 1. The van der Waals surface area contributed by atoms with Crippen LogP contribution >= 0.6 is 0 Å². The van der Waals surface area contributed by atoms with Gasteiger partial charge in [0.2, 0.25) is 11.8 Å². The summed E-state index contributed by atoms with van der Waals surface area (Å²) in [5.74, 6) is 6.69. The van der Waals surface area contributed by atoms with Crippen LogP contribution in [0.4, 0.5) is 5.95 Å². The van der Waals surface area contributed by atoms with Crippen molar-refractivity contribution in [3.8, 4) is 17.7 Å². The first-order valence-electron chi connectivity index (χ1n) is 9.29. The van der Waals surface area contributed by atoms with E-state index in [0.717, 1.165) is 18.4 Å². The average Bonchev–Trinajstić information content (AvgIpc) is 3.53. The maximum atomic E-state index is 11.1. The lowest BCUT2D eigenvalue weighted by Crippen LogP contribution is -2.11. The second kappa shape index (κ2) is 8.15. The van der Waals surface area contributed by atoms with Crippen molar-refractivity contribution in [2.24, 2.45) is 0 Å². The summed E-state index contributed by atoms with van der Waals surface area (Å²) < 4.78 is 26.3. The van der Waals surface area contributed by atoms with Crippen LogP contribution in [0, 0.1) is 11.8 Å². The zero-order chi connectivity index (χ0) is 20.4. The van der Waals surface area contributed by atoms with Crippen molar-refractivity contribution in [2.45, 2.75) is 43.7 Å². The summed E-state index contributed by atoms with van der Waals surface area (Å²) in [4.78, 5) is 14.0. The summed E-state index contributed by atoms with van der Waals surface area (Å²) in [5.41, 5.74) is 2.88. The maximum Gasteiger partial charge on any atom is 0.245 e. The fraction of sp³-hybridized carbons (Fsp3) is 0.286. The van der Waals surface area contributed by atoms with Crippen LogP contribution in [0.3, 0.4) is 0 Å². The van der Waals surface area contributed by atoms with Crippen molar-refractivity contribution in [1.29, 1.82) is 0 Å². The highest BCUT2D eigenvalue weighted by atomic mass is 32.2. The number of hydrogen-bond acceptors (Lipinski definition) is 6. The molecule has 2 N–H and O–H groups in total. The molecular weight excluding hydrogens is 388 g/mol. The Balaban J connectivity index is 1.64. The highest BCUT2D eigenvalue weighted by molar-refractivity contribution is 7.79. The predicted octanol–water partition coefficient (Wildman–Crippen LogP) is 3.69. The van der Waals surface area contributed by atoms with Crippen LogP contribution in [0.15, 0.2) is 41.3 Å². The Morgan fingerprint density at radius 1 is 1.17 bits per heavy atom. The molecule has 29 heavy (non-hydrogen) atoms. The van der Waals surface area contributed by atoms with E-state index >= 15 is 0 Å². The van der Waals surface area contributed by atoms with Gasteiger partial charge in [0.1, 0.15) is 11.8 Å². The van der Waals surface area contributed by atoms with Gasteiger partial charge in [-0.05, 0) is 62.4 Å². The third kappa shape index (κ3) is 4.53. The molecule has 1 aliphatic carbocycles. The van der Waals surface area contributed by atoms with Crippen molar-refractivity contribution in [3.05, 3.63) is 47.7 Å². The van der Waals surface area contributed by atoms with E-state index in [1.807, 2.05) is 19.1 Å². The molecule has 0 radical (unpaired) electrons. The molecule has 148 valence electrons. The van der Waals surface area contributed by atoms with E-state index in [4.69, 9.17) is 9.29 Å². The zero-order valence-electron chi connectivity index (χ0n) is 16.0. The van der Waals surface area contributed by atoms with Gasteiger partial charge in [0.05, 0.1) is 16.5 Å². The number of aromatic nitrogens is 3. The summed E-state index contributed by atoms with van der Waals surface area (Å²) in [7, 11) is 0. The third-order valence-corrected chi connectivity index (χ3v) is 5.17. The summed E-state index contributed by atoms with van der Waals surface area (Å²) in [6.07, 6.45) is 2.20. The molecule has 2 aromatic heterocycles. The highest BCUT2D eigenvalue weighted by Crippen LogP contribution is 2.31. The average molecular weight is 408 g/mol. The minimum Gasteiger partial charge on any atom is -0.473 e. The number of benzene rings is 1. The highest BCUT2D eigenvalue weighted by Gasteiger charge is 2.26. The minimum atomic E-state index is -1.99. The molecular formula is C21H20N4O3S. The van der Waals surface area contributed by atoms with Gasteiger partial charge >= 0.3 is 0 Å². The summed E-state index contributed by atoms with van der Waals surface area (Å²) in [6, 6.07) is 10.5. The first kappa shape index (κ1) is 19.3. The molecule has 2 heterocycles. The molecule has 1 aromatic carbocycles. The number of ether oxygens (including phenoxy) is 1. The fourth-order valence-corrected chi connectivity index (χ4v) is 3.19. The van der Waals surface area contributed by atoms with Gasteiger partial charge in [0, 0.05) is 0 Å². The van der Waals surface area contributed by atoms with Crippen molar-refractivity contribution in [2.75, 3.05) is 5.32 Å². The molecule has 0 aliphatic heterocycles. The lowest BCUT2D eigenvalue weighted by molar-refractivity contribution is 0.294. The Hall–Kier alpha value is -3.02. The van der Waals surface area contributed by atoms with Gasteiger partial charge in [0.15, 0.2) is 16.6 Å². The van der Waals surface area contributed by atoms with Gasteiger partial charge in [-0.15, -0.1) is 0 Å². The Bertz CT molecular complexity index is 1130. The van der Waals surface area contributed by atoms with Crippen LogP contribution in [0.25, 0.3) is 11.0 Å². The van der Waals surface area contributed by atoms with Crippen molar-refractivity contribution in [1.82, 2.24) is 15.0 Å². The molecule has 2 atom stereocenters. The van der Waals surface area contributed by atoms with Gasteiger partial charge in [0.25, 0.3) is 0 Å². The van der Waals surface area contributed by atoms with Crippen LogP contribution in [0.5, 0.6) is 5.88 Å². The zero-order valence-corrected chi connectivity index (χ0v) is 16.9. The van der Waals surface area contributed by atoms with E-state index in [2.05, 4.69) is 32.1 Å². The van der Waals surface area contributed by atoms with E-state index in [9.17, 15) is 4.21 Å². The Morgan fingerprint density at radius 2 is 1.93 bits per heavy atom. The third-order valence-electron chi connectivity index (χ3n) is 4.49. The first-order chi connectivity index (χ1) is 14.0. The molecule has 0 amide bonds. The smallest absolute Gasteiger partial charge is 0.245 e. The Kier molecular flexibility index (Phi) is 5.43. The van der Waals surface area contributed by atoms with Gasteiger partial charge in [-0.2, -0.15) is 4.98 Å². The molecule has 7 nitrogen and oxygen atoms in total. The quantitative estimate of drug-likeness (QED) is 0.474. The topological polar surface area (TPSA) is 97.2 Å². The van der Waals surface area contributed by atoms with E-state index in [-0.39, 0.29) is 12.1 Å². The molecule has 1 saturated carbocycles. The number of pyridine rings is 1. The Morgan fingerprint density at radius 3 is 2.59 bits per heavy atom. The minimum absolute atomic E-state index is 0.111. The summed E-state index contributed by atoms with van der Waals surface area (Å²) >= 11 is -1.99. The van der Waals surface area contributed by atoms with Crippen LogP contribution < -0.4 is 10.1 Å². The standard InChI is InChI=1S/C21H20N4O3S/c1-3-4-15-7-12-18-19(23-15)20(28-16-8-9-16)25-21(24-18)22-13(2)14-5-10-17(11-6-14)29(26)27/h5-7,10-13,16H,8-9H2,1-2H3,(H,26,27)(H,22,24,25). The molecule has 3 aromatic rings. The summed E-state index contributed by atoms with van der Waals surface area (Å²) in [5, 5.41) is 3.28. The number of nitrogens with one attached hydrogen (secondary N) is 1. The van der Waals surface area contributed by atoms with E-state index < -0.39 is 11.1 Å². The van der Waals surface area contributed by atoms with Gasteiger partial charge in [-0.25, -0.2) is 14.2 Å². The lowest BCUT2D eigenvalue weighted by atomic mass is 10.1. The summed E-state index contributed by atoms with van der Waals surface area (Å²) in [6.45, 7) is 3.74. The Labute approximate surface area is 171 Å². The van der Waals surface area contributed by atoms with Crippen molar-refractivity contribution >= 4 is 28.1 Å². The maximum absolute atomic E-state index is 11.1. The molecule has 1 aliphatic rings. The monoisotopic (exact) mass is 408 g/mol. The predicted molar refractivity (Wildman–Crippen MR) is 111 cm³/mol. The van der Waals surface area contributed by atoms with Crippen LogP contribution in [0.1, 0.15) is 44.0 Å². The molecule has 8 heteroatoms. The first-order valence-corrected chi connectivity index (χ1v) is 10.4. The molecule has 0 bridgehead atoms. The van der Waals surface area contributed by atoms with Gasteiger partial charge in [-0.1, -0.05) is 18.1 Å². The van der Waals surface area contributed by atoms with E-state index in [1.165, 1.54) is 0 Å². The van der Waals surface area contributed by atoms with E-state index in [0.29, 0.717) is 33.5 Å². The van der Waals surface area contributed by atoms with Crippen LogP contribution in [0.2, 0.25) is 0 Å². The molecule has 4 rings (SSSR count). The normalized spacial score (nSPS) is 15.3. The lowest BCUT2D eigenvalue weighted by Gasteiger charge is -2.16. The number of hydrogen-bond donors (Lipinski definition) is 2. The molecule has 2 unspecified atom stereocenters. The number of rotatable bonds is 6.